The molecule has 0 atom stereocenters. The van der Waals surface area contributed by atoms with Crippen LogP contribution in [0.5, 0.6) is 0 Å². The zero-order chi connectivity index (χ0) is 16.5. The molecule has 0 aliphatic rings. The number of nitrogens with one attached hydrogen (secondary N) is 2. The van der Waals surface area contributed by atoms with Crippen LogP contribution < -0.4 is 15.6 Å². The van der Waals surface area contributed by atoms with E-state index in [1.165, 1.54) is 6.21 Å². The van der Waals surface area contributed by atoms with Crippen molar-refractivity contribution in [2.45, 2.75) is 33.7 Å². The Morgan fingerprint density at radius 3 is 2.23 bits per heavy atom. The highest BCUT2D eigenvalue weighted by Gasteiger charge is 2.12. The summed E-state index contributed by atoms with van der Waals surface area (Å²) in [5, 5.41) is 6.28. The van der Waals surface area contributed by atoms with Crippen LogP contribution in [0.4, 0.5) is 5.69 Å². The number of hydrogen-bond donors (Lipinski definition) is 2. The maximum atomic E-state index is 11.4. The summed E-state index contributed by atoms with van der Waals surface area (Å²) in [5.74, 6) is -1.46. The molecular weight excluding hydrogens is 280 g/mol. The summed E-state index contributed by atoms with van der Waals surface area (Å²) in [6.07, 6.45) is 1.51. The van der Waals surface area contributed by atoms with Crippen LogP contribution >= 0.6 is 0 Å². The summed E-state index contributed by atoms with van der Waals surface area (Å²) in [6.45, 7) is 9.68. The second-order valence-electron chi connectivity index (χ2n) is 5.09. The van der Waals surface area contributed by atoms with Crippen LogP contribution in [0.25, 0.3) is 0 Å². The molecule has 1 rings (SSSR count). The molecule has 0 saturated carbocycles. The molecule has 0 aliphatic carbocycles. The fourth-order valence-electron chi connectivity index (χ4n) is 1.90. The first-order valence-corrected chi connectivity index (χ1v) is 7.46. The van der Waals surface area contributed by atoms with Crippen molar-refractivity contribution in [3.63, 3.8) is 0 Å². The molecular formula is C16H24N4O2. The Labute approximate surface area is 131 Å². The minimum Gasteiger partial charge on any atom is -0.372 e. The predicted octanol–water partition coefficient (Wildman–Crippen LogP) is 1.51. The molecule has 6 nitrogen and oxygen atoms in total. The minimum atomic E-state index is -0.773. The lowest BCUT2D eigenvalue weighted by molar-refractivity contribution is -0.139. The molecule has 2 N–H and O–H groups in total. The lowest BCUT2D eigenvalue weighted by Gasteiger charge is -2.20. The van der Waals surface area contributed by atoms with Gasteiger partial charge in [-0.1, -0.05) is 12.1 Å². The molecule has 120 valence electrons. The highest BCUT2D eigenvalue weighted by molar-refractivity contribution is 6.35. The fourth-order valence-corrected chi connectivity index (χ4v) is 1.90. The zero-order valence-corrected chi connectivity index (χ0v) is 13.6. The number of nitrogens with zero attached hydrogens (tertiary/aromatic N) is 2. The summed E-state index contributed by atoms with van der Waals surface area (Å²) >= 11 is 0. The summed E-state index contributed by atoms with van der Waals surface area (Å²) in [4.78, 5) is 25.1. The van der Waals surface area contributed by atoms with Crippen molar-refractivity contribution in [1.82, 2.24) is 10.7 Å². The molecule has 0 aliphatic heterocycles. The summed E-state index contributed by atoms with van der Waals surface area (Å²) < 4.78 is 0. The fraction of sp³-hybridized carbons (Fsp3) is 0.438. The Hall–Kier alpha value is -2.37. The maximum absolute atomic E-state index is 11.4. The second kappa shape index (κ2) is 8.81. The van der Waals surface area contributed by atoms with E-state index in [-0.39, 0.29) is 6.04 Å². The molecule has 1 aromatic carbocycles. The topological polar surface area (TPSA) is 73.8 Å². The predicted molar refractivity (Wildman–Crippen MR) is 89.0 cm³/mol. The van der Waals surface area contributed by atoms with E-state index in [9.17, 15) is 9.59 Å². The highest BCUT2D eigenvalue weighted by Crippen LogP contribution is 2.13. The van der Waals surface area contributed by atoms with E-state index in [4.69, 9.17) is 0 Å². The molecule has 0 bridgehead atoms. The monoisotopic (exact) mass is 304 g/mol. The molecule has 0 heterocycles. The van der Waals surface area contributed by atoms with E-state index < -0.39 is 11.8 Å². The molecule has 0 saturated heterocycles. The average molecular weight is 304 g/mol. The van der Waals surface area contributed by atoms with Gasteiger partial charge in [0.25, 0.3) is 0 Å². The molecule has 0 aromatic heterocycles. The van der Waals surface area contributed by atoms with E-state index in [0.29, 0.717) is 0 Å². The van der Waals surface area contributed by atoms with Gasteiger partial charge in [-0.3, -0.25) is 9.59 Å². The lowest BCUT2D eigenvalue weighted by atomic mass is 10.2. The minimum absolute atomic E-state index is 0.0881. The van der Waals surface area contributed by atoms with Crippen LogP contribution in [0.2, 0.25) is 0 Å². The van der Waals surface area contributed by atoms with Crippen molar-refractivity contribution in [3.05, 3.63) is 29.8 Å². The molecule has 0 fully saturated rings. The number of carbonyl (C=O) groups excluding carboxylic acids is 2. The van der Waals surface area contributed by atoms with E-state index in [1.807, 2.05) is 24.3 Å². The van der Waals surface area contributed by atoms with Gasteiger partial charge in [-0.15, -0.1) is 0 Å². The largest absolute Gasteiger partial charge is 0.372 e. The van der Waals surface area contributed by atoms with Gasteiger partial charge in [0.15, 0.2) is 0 Å². The van der Waals surface area contributed by atoms with E-state index in [2.05, 4.69) is 34.6 Å². The van der Waals surface area contributed by atoms with Crippen LogP contribution in [0, 0.1) is 0 Å². The zero-order valence-electron chi connectivity index (χ0n) is 13.6. The van der Waals surface area contributed by atoms with Gasteiger partial charge in [-0.2, -0.15) is 5.10 Å². The Morgan fingerprint density at radius 2 is 1.73 bits per heavy atom. The molecule has 1 aromatic rings. The third kappa shape index (κ3) is 5.55. The first kappa shape index (κ1) is 17.7. The summed E-state index contributed by atoms with van der Waals surface area (Å²) in [6, 6.07) is 7.74. The molecule has 0 unspecified atom stereocenters. The van der Waals surface area contributed by atoms with Gasteiger partial charge in [0.05, 0.1) is 6.21 Å². The normalized spacial score (nSPS) is 10.8. The number of hydrogen-bond acceptors (Lipinski definition) is 4. The van der Waals surface area contributed by atoms with Crippen molar-refractivity contribution >= 4 is 23.7 Å². The number of hydrazone groups is 1. The van der Waals surface area contributed by atoms with Crippen LogP contribution in [0.1, 0.15) is 33.3 Å². The van der Waals surface area contributed by atoms with Gasteiger partial charge in [0, 0.05) is 24.8 Å². The maximum Gasteiger partial charge on any atom is 0.329 e. The lowest BCUT2D eigenvalue weighted by Crippen LogP contribution is -2.41. The van der Waals surface area contributed by atoms with E-state index in [0.717, 1.165) is 24.3 Å². The molecule has 0 spiro atoms. The Bertz CT molecular complexity index is 519. The highest BCUT2D eigenvalue weighted by atomic mass is 16.2. The quantitative estimate of drug-likeness (QED) is 0.475. The molecule has 0 radical (unpaired) electrons. The average Bonchev–Trinajstić information content (AvgIpc) is 2.49. The van der Waals surface area contributed by atoms with Crippen LogP contribution in [0.3, 0.4) is 0 Å². The smallest absolute Gasteiger partial charge is 0.329 e. The van der Waals surface area contributed by atoms with Crippen molar-refractivity contribution in [2.75, 3.05) is 18.0 Å². The van der Waals surface area contributed by atoms with E-state index >= 15 is 0 Å². The van der Waals surface area contributed by atoms with Gasteiger partial charge in [-0.05, 0) is 45.4 Å². The van der Waals surface area contributed by atoms with Gasteiger partial charge in [0.2, 0.25) is 0 Å². The third-order valence-electron chi connectivity index (χ3n) is 3.03. The number of anilines is 1. The first-order chi connectivity index (χ1) is 10.5. The number of amides is 2. The van der Waals surface area contributed by atoms with Crippen molar-refractivity contribution in [2.24, 2.45) is 5.10 Å². The Balaban J connectivity index is 2.56. The van der Waals surface area contributed by atoms with Crippen molar-refractivity contribution in [3.8, 4) is 0 Å². The number of carbonyl (C=O) groups is 2. The van der Waals surface area contributed by atoms with Gasteiger partial charge in [-0.25, -0.2) is 5.43 Å². The first-order valence-electron chi connectivity index (χ1n) is 7.46. The van der Waals surface area contributed by atoms with Crippen molar-refractivity contribution in [1.29, 1.82) is 0 Å². The number of benzene rings is 1. The van der Waals surface area contributed by atoms with E-state index in [1.54, 1.807) is 13.8 Å². The molecule has 22 heavy (non-hydrogen) atoms. The third-order valence-corrected chi connectivity index (χ3v) is 3.03. The standard InChI is InChI=1S/C16H24N4O2/c1-5-20(6-2)14-9-7-13(8-10-14)11-17-19-16(22)15(21)18-12(3)4/h7-12H,5-6H2,1-4H3,(H,18,21)(H,19,22)/b17-11-. The molecule has 2 amide bonds. The second-order valence-corrected chi connectivity index (χ2v) is 5.09. The van der Waals surface area contributed by atoms with Gasteiger partial charge < -0.3 is 10.2 Å². The Morgan fingerprint density at radius 1 is 1.14 bits per heavy atom. The van der Waals surface area contributed by atoms with Crippen LogP contribution in [-0.4, -0.2) is 37.2 Å². The van der Waals surface area contributed by atoms with Crippen LogP contribution in [-0.2, 0) is 9.59 Å². The summed E-state index contributed by atoms with van der Waals surface area (Å²) in [5.41, 5.74) is 4.19. The SMILES string of the molecule is CCN(CC)c1ccc(/C=N\NC(=O)C(=O)NC(C)C)cc1. The number of rotatable bonds is 6. The summed E-state index contributed by atoms with van der Waals surface area (Å²) in [7, 11) is 0. The van der Waals surface area contributed by atoms with Crippen molar-refractivity contribution < 1.29 is 9.59 Å². The Kier molecular flexibility index (Phi) is 7.08. The van der Waals surface area contributed by atoms with Gasteiger partial charge in [0.1, 0.15) is 0 Å². The molecule has 6 heteroatoms. The van der Waals surface area contributed by atoms with Gasteiger partial charge >= 0.3 is 11.8 Å². The van der Waals surface area contributed by atoms with Crippen LogP contribution in [0.15, 0.2) is 29.4 Å².